The molecular weight excluding hydrogens is 241 g/mol. The Kier molecular flexibility index (Phi) is 3.22. The van der Waals surface area contributed by atoms with Gasteiger partial charge in [-0.15, -0.1) is 0 Å². The largest absolute Gasteiger partial charge is 0.327 e. The minimum Gasteiger partial charge on any atom is -0.327 e. The van der Waals surface area contributed by atoms with Crippen LogP contribution in [0.1, 0.15) is 38.2 Å². The Balaban J connectivity index is 2.36. The monoisotopic (exact) mass is 257 g/mol. The van der Waals surface area contributed by atoms with Crippen molar-refractivity contribution in [2.24, 2.45) is 11.1 Å². The predicted molar refractivity (Wildman–Crippen MR) is 70.2 cm³/mol. The molecule has 1 aromatic rings. The van der Waals surface area contributed by atoms with Crippen molar-refractivity contribution in [3.05, 3.63) is 33.8 Å². The van der Waals surface area contributed by atoms with Crippen LogP contribution in [0.2, 0.25) is 10.0 Å². The molecule has 0 spiro atoms. The summed E-state index contributed by atoms with van der Waals surface area (Å²) < 4.78 is 0. The molecule has 1 fully saturated rings. The van der Waals surface area contributed by atoms with E-state index in [1.54, 1.807) is 0 Å². The van der Waals surface area contributed by atoms with Crippen molar-refractivity contribution in [2.45, 2.75) is 38.6 Å². The van der Waals surface area contributed by atoms with Crippen LogP contribution in [0.5, 0.6) is 0 Å². The lowest BCUT2D eigenvalue weighted by atomic mass is 9.54. The van der Waals surface area contributed by atoms with Gasteiger partial charge in [-0.25, -0.2) is 0 Å². The first-order valence-electron chi connectivity index (χ1n) is 5.69. The van der Waals surface area contributed by atoms with Gasteiger partial charge in [0.05, 0.1) is 0 Å². The Labute approximate surface area is 107 Å². The number of benzene rings is 1. The maximum absolute atomic E-state index is 6.24. The van der Waals surface area contributed by atoms with Crippen molar-refractivity contribution in [2.75, 3.05) is 0 Å². The van der Waals surface area contributed by atoms with E-state index in [9.17, 15) is 0 Å². The van der Waals surface area contributed by atoms with Crippen LogP contribution >= 0.6 is 23.2 Å². The summed E-state index contributed by atoms with van der Waals surface area (Å²) >= 11 is 12.3. The number of hydrogen-bond donors (Lipinski definition) is 1. The Morgan fingerprint density at radius 3 is 2.69 bits per heavy atom. The van der Waals surface area contributed by atoms with E-state index in [1.807, 2.05) is 18.2 Å². The molecule has 0 aromatic heterocycles. The molecule has 0 aliphatic heterocycles. The molecule has 88 valence electrons. The summed E-state index contributed by atoms with van der Waals surface area (Å²) in [4.78, 5) is 0. The summed E-state index contributed by atoms with van der Waals surface area (Å²) in [6.07, 6.45) is 2.08. The van der Waals surface area contributed by atoms with E-state index in [4.69, 9.17) is 28.9 Å². The summed E-state index contributed by atoms with van der Waals surface area (Å²) in [6.45, 7) is 4.42. The fraction of sp³-hybridized carbons (Fsp3) is 0.538. The molecule has 0 bridgehead atoms. The number of rotatable bonds is 2. The van der Waals surface area contributed by atoms with Crippen LogP contribution in [-0.2, 0) is 0 Å². The summed E-state index contributed by atoms with van der Waals surface area (Å²) in [5.41, 5.74) is 7.42. The van der Waals surface area contributed by atoms with Crippen LogP contribution in [0.4, 0.5) is 0 Å². The fourth-order valence-electron chi connectivity index (χ4n) is 2.66. The fourth-order valence-corrected chi connectivity index (χ4v) is 3.09. The lowest BCUT2D eigenvalue weighted by molar-refractivity contribution is 0.0706. The highest BCUT2D eigenvalue weighted by Crippen LogP contribution is 2.55. The quantitative estimate of drug-likeness (QED) is 0.844. The molecule has 3 atom stereocenters. The third-order valence-corrected chi connectivity index (χ3v) is 4.81. The van der Waals surface area contributed by atoms with Gasteiger partial charge in [-0.2, -0.15) is 0 Å². The third-order valence-electron chi connectivity index (χ3n) is 4.23. The molecule has 3 unspecified atom stereocenters. The molecule has 0 radical (unpaired) electrons. The molecule has 2 rings (SSSR count). The third kappa shape index (κ3) is 1.75. The van der Waals surface area contributed by atoms with Gasteiger partial charge in [0.1, 0.15) is 0 Å². The van der Waals surface area contributed by atoms with Gasteiger partial charge in [0.25, 0.3) is 0 Å². The topological polar surface area (TPSA) is 26.0 Å². The van der Waals surface area contributed by atoms with Gasteiger partial charge in [0, 0.05) is 16.1 Å². The van der Waals surface area contributed by atoms with E-state index in [-0.39, 0.29) is 11.5 Å². The highest BCUT2D eigenvalue weighted by atomic mass is 35.5. The number of halogens is 2. The molecular formula is C13H17Cl2N. The molecule has 16 heavy (non-hydrogen) atoms. The molecule has 1 saturated carbocycles. The second-order valence-corrected chi connectivity index (χ2v) is 5.76. The first-order chi connectivity index (χ1) is 7.49. The van der Waals surface area contributed by atoms with E-state index in [0.29, 0.717) is 5.92 Å². The van der Waals surface area contributed by atoms with Gasteiger partial charge < -0.3 is 5.73 Å². The van der Waals surface area contributed by atoms with Crippen LogP contribution < -0.4 is 5.73 Å². The molecule has 1 nitrogen and oxygen atoms in total. The SMILES string of the molecule is CCC1(C)C(N)CC1c1cc(Cl)ccc1Cl. The minimum atomic E-state index is 0.161. The number of nitrogens with two attached hydrogens (primary N) is 1. The van der Waals surface area contributed by atoms with E-state index in [0.717, 1.165) is 28.5 Å². The molecule has 3 heteroatoms. The van der Waals surface area contributed by atoms with E-state index >= 15 is 0 Å². The van der Waals surface area contributed by atoms with Crippen LogP contribution in [-0.4, -0.2) is 6.04 Å². The second-order valence-electron chi connectivity index (χ2n) is 4.92. The van der Waals surface area contributed by atoms with Crippen molar-refractivity contribution >= 4 is 23.2 Å². The number of hydrogen-bond acceptors (Lipinski definition) is 1. The highest BCUT2D eigenvalue weighted by molar-refractivity contribution is 6.33. The van der Waals surface area contributed by atoms with Crippen molar-refractivity contribution in [1.29, 1.82) is 0 Å². The minimum absolute atomic E-state index is 0.161. The lowest BCUT2D eigenvalue weighted by Gasteiger charge is -2.53. The Morgan fingerprint density at radius 2 is 2.12 bits per heavy atom. The average Bonchev–Trinajstić information content (AvgIpc) is 2.28. The zero-order valence-corrected chi connectivity index (χ0v) is 11.1. The molecule has 0 heterocycles. The van der Waals surface area contributed by atoms with Gasteiger partial charge in [0.2, 0.25) is 0 Å². The zero-order chi connectivity index (χ0) is 11.9. The standard InChI is InChI=1S/C13H17Cl2N/c1-3-13(2)10(7-12(13)16)9-6-8(14)4-5-11(9)15/h4-6,10,12H,3,7,16H2,1-2H3. The van der Waals surface area contributed by atoms with Crippen molar-refractivity contribution in [3.8, 4) is 0 Å². The molecule has 0 amide bonds. The summed E-state index contributed by atoms with van der Waals surface area (Å²) in [7, 11) is 0. The Bertz CT molecular complexity index is 405. The van der Waals surface area contributed by atoms with Gasteiger partial charge in [-0.1, -0.05) is 37.0 Å². The second kappa shape index (κ2) is 4.21. The van der Waals surface area contributed by atoms with Crippen LogP contribution in [0, 0.1) is 5.41 Å². The van der Waals surface area contributed by atoms with Crippen LogP contribution in [0.25, 0.3) is 0 Å². The van der Waals surface area contributed by atoms with Gasteiger partial charge in [0.15, 0.2) is 0 Å². The van der Waals surface area contributed by atoms with Crippen molar-refractivity contribution in [3.63, 3.8) is 0 Å². The first kappa shape index (κ1) is 12.2. The molecule has 1 aromatic carbocycles. The van der Waals surface area contributed by atoms with E-state index < -0.39 is 0 Å². The van der Waals surface area contributed by atoms with Crippen molar-refractivity contribution < 1.29 is 0 Å². The smallest absolute Gasteiger partial charge is 0.0442 e. The highest BCUT2D eigenvalue weighted by Gasteiger charge is 2.49. The predicted octanol–water partition coefficient (Wildman–Crippen LogP) is 4.22. The molecule has 0 saturated heterocycles. The average molecular weight is 258 g/mol. The first-order valence-corrected chi connectivity index (χ1v) is 6.45. The maximum Gasteiger partial charge on any atom is 0.0442 e. The summed E-state index contributed by atoms with van der Waals surface area (Å²) in [5, 5.41) is 1.55. The van der Waals surface area contributed by atoms with Crippen molar-refractivity contribution in [1.82, 2.24) is 0 Å². The Morgan fingerprint density at radius 1 is 1.44 bits per heavy atom. The van der Waals surface area contributed by atoms with Crippen LogP contribution in [0.15, 0.2) is 18.2 Å². The molecule has 1 aliphatic rings. The van der Waals surface area contributed by atoms with E-state index in [1.165, 1.54) is 0 Å². The Hall–Kier alpha value is -0.240. The molecule has 1 aliphatic carbocycles. The lowest BCUT2D eigenvalue weighted by Crippen LogP contribution is -2.54. The van der Waals surface area contributed by atoms with Gasteiger partial charge >= 0.3 is 0 Å². The maximum atomic E-state index is 6.24. The normalized spacial score (nSPS) is 33.6. The summed E-state index contributed by atoms with van der Waals surface area (Å²) in [6, 6.07) is 5.96. The summed E-state index contributed by atoms with van der Waals surface area (Å²) in [5.74, 6) is 0.443. The van der Waals surface area contributed by atoms with Gasteiger partial charge in [-0.05, 0) is 47.9 Å². The van der Waals surface area contributed by atoms with E-state index in [2.05, 4.69) is 13.8 Å². The molecule has 2 N–H and O–H groups in total. The van der Waals surface area contributed by atoms with Gasteiger partial charge in [-0.3, -0.25) is 0 Å². The zero-order valence-electron chi connectivity index (χ0n) is 9.63. The van der Waals surface area contributed by atoms with Crippen LogP contribution in [0.3, 0.4) is 0 Å².